The van der Waals surface area contributed by atoms with E-state index >= 15 is 0 Å². The van der Waals surface area contributed by atoms with Crippen LogP contribution in [-0.2, 0) is 12.7 Å². The van der Waals surface area contributed by atoms with Crippen LogP contribution in [0.15, 0.2) is 47.0 Å². The summed E-state index contributed by atoms with van der Waals surface area (Å²) in [6, 6.07) is 10.0. The minimum atomic E-state index is -4.37. The van der Waals surface area contributed by atoms with Crippen molar-refractivity contribution >= 4 is 17.3 Å². The Morgan fingerprint density at radius 3 is 2.48 bits per heavy atom. The molecule has 25 heavy (non-hydrogen) atoms. The van der Waals surface area contributed by atoms with Crippen LogP contribution in [0.5, 0.6) is 0 Å². The van der Waals surface area contributed by atoms with E-state index in [9.17, 15) is 13.2 Å². The van der Waals surface area contributed by atoms with Crippen molar-refractivity contribution < 1.29 is 17.7 Å². The highest BCUT2D eigenvalue weighted by Gasteiger charge is 2.30. The normalized spacial score (nSPS) is 11.6. The standard InChI is InChI=1S/C17H13ClF3N3O/c1-10-8-13(18)6-7-14(10)22-9-15-23-16(24-25-15)11-2-4-12(5-3-11)17(19,20)21/h2-8,22H,9H2,1H3. The molecule has 0 atom stereocenters. The average molecular weight is 368 g/mol. The summed E-state index contributed by atoms with van der Waals surface area (Å²) in [5, 5.41) is 7.59. The van der Waals surface area contributed by atoms with E-state index in [1.54, 1.807) is 6.07 Å². The molecule has 0 unspecified atom stereocenters. The minimum Gasteiger partial charge on any atom is -0.376 e. The van der Waals surface area contributed by atoms with Crippen molar-refractivity contribution in [2.75, 3.05) is 5.32 Å². The summed E-state index contributed by atoms with van der Waals surface area (Å²) in [6.07, 6.45) is -4.37. The zero-order valence-electron chi connectivity index (χ0n) is 13.1. The van der Waals surface area contributed by atoms with Crippen LogP contribution >= 0.6 is 11.6 Å². The summed E-state index contributed by atoms with van der Waals surface area (Å²) in [7, 11) is 0. The molecule has 8 heteroatoms. The number of benzene rings is 2. The van der Waals surface area contributed by atoms with Gasteiger partial charge in [0.1, 0.15) is 0 Å². The number of anilines is 1. The second-order valence-corrected chi connectivity index (χ2v) is 5.84. The van der Waals surface area contributed by atoms with E-state index in [4.69, 9.17) is 16.1 Å². The molecule has 3 aromatic rings. The summed E-state index contributed by atoms with van der Waals surface area (Å²) in [5.74, 6) is 0.558. The zero-order chi connectivity index (χ0) is 18.0. The number of rotatable bonds is 4. The fraction of sp³-hybridized carbons (Fsp3) is 0.176. The van der Waals surface area contributed by atoms with Crippen LogP contribution in [0, 0.1) is 6.92 Å². The first kappa shape index (κ1) is 17.3. The number of nitrogens with one attached hydrogen (secondary N) is 1. The smallest absolute Gasteiger partial charge is 0.376 e. The number of halogens is 4. The highest BCUT2D eigenvalue weighted by Crippen LogP contribution is 2.30. The molecule has 0 aliphatic carbocycles. The Labute approximate surface area is 146 Å². The molecular weight excluding hydrogens is 355 g/mol. The molecule has 0 amide bonds. The van der Waals surface area contributed by atoms with Crippen LogP contribution in [0.4, 0.5) is 18.9 Å². The second kappa shape index (κ2) is 6.76. The Morgan fingerprint density at radius 2 is 1.84 bits per heavy atom. The molecule has 1 aromatic heterocycles. The van der Waals surface area contributed by atoms with Crippen molar-refractivity contribution in [3.05, 3.63) is 64.5 Å². The molecule has 0 spiro atoms. The molecule has 1 N–H and O–H groups in total. The molecule has 4 nitrogen and oxygen atoms in total. The lowest BCUT2D eigenvalue weighted by atomic mass is 10.1. The molecular formula is C17H13ClF3N3O. The fourth-order valence-corrected chi connectivity index (χ4v) is 2.48. The topological polar surface area (TPSA) is 51.0 Å². The Bertz CT molecular complexity index is 876. The van der Waals surface area contributed by atoms with E-state index in [0.29, 0.717) is 16.5 Å². The Hall–Kier alpha value is -2.54. The molecule has 0 saturated carbocycles. The van der Waals surface area contributed by atoms with Crippen LogP contribution in [-0.4, -0.2) is 10.1 Å². The van der Waals surface area contributed by atoms with E-state index in [1.165, 1.54) is 12.1 Å². The van der Waals surface area contributed by atoms with E-state index in [2.05, 4.69) is 15.5 Å². The first-order valence-corrected chi connectivity index (χ1v) is 7.71. The lowest BCUT2D eigenvalue weighted by Gasteiger charge is -2.07. The Kier molecular flexibility index (Phi) is 4.67. The third-order valence-electron chi connectivity index (χ3n) is 3.56. The van der Waals surface area contributed by atoms with Gasteiger partial charge in [-0.3, -0.25) is 0 Å². The number of hydrogen-bond acceptors (Lipinski definition) is 4. The molecule has 3 rings (SSSR count). The monoisotopic (exact) mass is 367 g/mol. The van der Waals surface area contributed by atoms with Crippen molar-refractivity contribution in [1.82, 2.24) is 10.1 Å². The number of hydrogen-bond donors (Lipinski definition) is 1. The third kappa shape index (κ3) is 4.11. The van der Waals surface area contributed by atoms with Crippen molar-refractivity contribution in [2.45, 2.75) is 19.6 Å². The third-order valence-corrected chi connectivity index (χ3v) is 3.79. The predicted molar refractivity (Wildman–Crippen MR) is 88.3 cm³/mol. The lowest BCUT2D eigenvalue weighted by molar-refractivity contribution is -0.137. The largest absolute Gasteiger partial charge is 0.416 e. The molecule has 0 fully saturated rings. The van der Waals surface area contributed by atoms with Crippen molar-refractivity contribution in [1.29, 1.82) is 0 Å². The van der Waals surface area contributed by atoms with E-state index in [-0.39, 0.29) is 12.4 Å². The second-order valence-electron chi connectivity index (χ2n) is 5.40. The first-order chi connectivity index (χ1) is 11.8. The average Bonchev–Trinajstić information content (AvgIpc) is 3.02. The first-order valence-electron chi connectivity index (χ1n) is 7.33. The highest BCUT2D eigenvalue weighted by atomic mass is 35.5. The van der Waals surface area contributed by atoms with Gasteiger partial charge in [-0.15, -0.1) is 0 Å². The quantitative estimate of drug-likeness (QED) is 0.677. The molecule has 0 aliphatic rings. The fourth-order valence-electron chi connectivity index (χ4n) is 2.25. The van der Waals surface area contributed by atoms with Gasteiger partial charge in [0.05, 0.1) is 12.1 Å². The van der Waals surface area contributed by atoms with Gasteiger partial charge in [0.15, 0.2) is 0 Å². The Morgan fingerprint density at radius 1 is 1.12 bits per heavy atom. The van der Waals surface area contributed by atoms with Gasteiger partial charge in [-0.05, 0) is 42.8 Å². The predicted octanol–water partition coefficient (Wildman–Crippen LogP) is 5.33. The summed E-state index contributed by atoms with van der Waals surface area (Å²) in [4.78, 5) is 4.19. The van der Waals surface area contributed by atoms with Gasteiger partial charge in [-0.1, -0.05) is 28.9 Å². The molecule has 0 aliphatic heterocycles. The summed E-state index contributed by atoms with van der Waals surface area (Å²) in [6.45, 7) is 2.20. The maximum atomic E-state index is 12.6. The molecule has 0 bridgehead atoms. The van der Waals surface area contributed by atoms with Crippen LogP contribution in [0.1, 0.15) is 17.0 Å². The highest BCUT2D eigenvalue weighted by molar-refractivity contribution is 6.30. The summed E-state index contributed by atoms with van der Waals surface area (Å²) in [5.41, 5.74) is 1.57. The molecule has 0 radical (unpaired) electrons. The molecule has 130 valence electrons. The molecule has 1 heterocycles. The molecule has 2 aromatic carbocycles. The number of nitrogens with zero attached hydrogens (tertiary/aromatic N) is 2. The summed E-state index contributed by atoms with van der Waals surface area (Å²) < 4.78 is 42.9. The molecule has 0 saturated heterocycles. The lowest BCUT2D eigenvalue weighted by Crippen LogP contribution is -2.04. The summed E-state index contributed by atoms with van der Waals surface area (Å²) >= 11 is 5.91. The van der Waals surface area contributed by atoms with Crippen LogP contribution in [0.2, 0.25) is 5.02 Å². The van der Waals surface area contributed by atoms with Crippen molar-refractivity contribution in [3.63, 3.8) is 0 Å². The van der Waals surface area contributed by atoms with E-state index in [0.717, 1.165) is 23.4 Å². The van der Waals surface area contributed by atoms with Gasteiger partial charge in [0.25, 0.3) is 0 Å². The number of aromatic nitrogens is 2. The van der Waals surface area contributed by atoms with Gasteiger partial charge in [-0.2, -0.15) is 18.2 Å². The van der Waals surface area contributed by atoms with Gasteiger partial charge in [-0.25, -0.2) is 0 Å². The van der Waals surface area contributed by atoms with Gasteiger partial charge < -0.3 is 9.84 Å². The van der Waals surface area contributed by atoms with E-state index < -0.39 is 11.7 Å². The number of alkyl halides is 3. The zero-order valence-corrected chi connectivity index (χ0v) is 13.8. The Balaban J connectivity index is 1.70. The minimum absolute atomic E-state index is 0.235. The maximum absolute atomic E-state index is 12.6. The van der Waals surface area contributed by atoms with Gasteiger partial charge >= 0.3 is 6.18 Å². The van der Waals surface area contributed by atoms with Crippen molar-refractivity contribution in [2.24, 2.45) is 0 Å². The van der Waals surface area contributed by atoms with Gasteiger partial charge in [0, 0.05) is 16.3 Å². The van der Waals surface area contributed by atoms with Gasteiger partial charge in [0.2, 0.25) is 11.7 Å². The number of aryl methyl sites for hydroxylation is 1. The maximum Gasteiger partial charge on any atom is 0.416 e. The van der Waals surface area contributed by atoms with Crippen LogP contribution < -0.4 is 5.32 Å². The van der Waals surface area contributed by atoms with Crippen LogP contribution in [0.25, 0.3) is 11.4 Å². The van der Waals surface area contributed by atoms with E-state index in [1.807, 2.05) is 19.1 Å². The van der Waals surface area contributed by atoms with Crippen LogP contribution in [0.3, 0.4) is 0 Å². The van der Waals surface area contributed by atoms with Crippen molar-refractivity contribution in [3.8, 4) is 11.4 Å². The SMILES string of the molecule is Cc1cc(Cl)ccc1NCc1nc(-c2ccc(C(F)(F)F)cc2)no1.